The second-order valence-electron chi connectivity index (χ2n) is 9.37. The Labute approximate surface area is 214 Å². The number of aromatic nitrogens is 4. The molecule has 3 aromatic heterocycles. The van der Waals surface area contributed by atoms with Gasteiger partial charge in [-0.1, -0.05) is 37.6 Å². The average Bonchev–Trinajstić information content (AvgIpc) is 3.53. The number of fused-ring (bicyclic) bond motifs is 1. The van der Waals surface area contributed by atoms with Crippen LogP contribution in [0.3, 0.4) is 0 Å². The molecule has 1 aliphatic heterocycles. The zero-order chi connectivity index (χ0) is 25.2. The number of piperazine rings is 1. The number of hydrogen-bond donors (Lipinski definition) is 2. The molecule has 1 aromatic carbocycles. The zero-order valence-electron chi connectivity index (χ0n) is 20.7. The maximum Gasteiger partial charge on any atom is 0.251 e. The lowest BCUT2D eigenvalue weighted by atomic mass is 9.96. The van der Waals surface area contributed by atoms with Crippen molar-refractivity contribution in [2.45, 2.75) is 32.7 Å². The predicted octanol–water partition coefficient (Wildman–Crippen LogP) is 4.01. The highest BCUT2D eigenvalue weighted by Crippen LogP contribution is 2.36. The Bertz CT molecular complexity index is 1340. The topological polar surface area (TPSA) is 103 Å². The molecule has 0 bridgehead atoms. The first kappa shape index (κ1) is 24.3. The molecule has 5 rings (SSSR count). The first-order valence-corrected chi connectivity index (χ1v) is 12.6. The third-order valence-corrected chi connectivity index (χ3v) is 6.77. The van der Waals surface area contributed by atoms with Gasteiger partial charge >= 0.3 is 0 Å². The number of carbonyl (C=O) groups excluding carboxylic acids is 1. The van der Waals surface area contributed by atoms with Gasteiger partial charge in [-0.05, 0) is 23.8 Å². The van der Waals surface area contributed by atoms with Gasteiger partial charge in [-0.25, -0.2) is 4.98 Å². The molecule has 1 aliphatic rings. The van der Waals surface area contributed by atoms with Gasteiger partial charge in [0.1, 0.15) is 5.65 Å². The average molecular weight is 508 g/mol. The molecule has 4 heterocycles. The fourth-order valence-electron chi connectivity index (χ4n) is 4.66. The third kappa shape index (κ3) is 4.94. The molecule has 0 spiro atoms. The van der Waals surface area contributed by atoms with Crippen LogP contribution < -0.4 is 10.2 Å². The van der Waals surface area contributed by atoms with Crippen molar-refractivity contribution < 1.29 is 9.21 Å². The number of aryl methyl sites for hydroxylation is 1. The van der Waals surface area contributed by atoms with Gasteiger partial charge in [0.05, 0.1) is 17.2 Å². The summed E-state index contributed by atoms with van der Waals surface area (Å²) in [5.74, 6) is 0.799. The van der Waals surface area contributed by atoms with E-state index in [1.165, 1.54) is 0 Å². The lowest BCUT2D eigenvalue weighted by molar-refractivity contribution is -0.133. The molecule has 1 fully saturated rings. The predicted molar refractivity (Wildman–Crippen MR) is 140 cm³/mol. The Balaban J connectivity index is 1.37. The molecule has 36 heavy (non-hydrogen) atoms. The second-order valence-corrected chi connectivity index (χ2v) is 9.80. The van der Waals surface area contributed by atoms with E-state index in [1.54, 1.807) is 13.1 Å². The van der Waals surface area contributed by atoms with Crippen LogP contribution in [0.25, 0.3) is 22.5 Å². The smallest absolute Gasteiger partial charge is 0.251 e. The number of nitrogens with one attached hydrogen (secondary N) is 2. The Morgan fingerprint density at radius 3 is 2.56 bits per heavy atom. The molecule has 1 atom stereocenters. The molecule has 0 aliphatic carbocycles. The first-order valence-electron chi connectivity index (χ1n) is 12.2. The van der Waals surface area contributed by atoms with E-state index < -0.39 is 0 Å². The molecule has 4 aromatic rings. The Morgan fingerprint density at radius 2 is 1.89 bits per heavy atom. The summed E-state index contributed by atoms with van der Waals surface area (Å²) in [5.41, 5.74) is 3.55. The van der Waals surface area contributed by atoms with Crippen molar-refractivity contribution in [2.24, 2.45) is 0 Å². The number of rotatable bonds is 7. The summed E-state index contributed by atoms with van der Waals surface area (Å²) in [6, 6.07) is 9.87. The molecule has 1 amide bonds. The van der Waals surface area contributed by atoms with Crippen molar-refractivity contribution in [3.63, 3.8) is 0 Å². The van der Waals surface area contributed by atoms with Crippen LogP contribution in [0, 0.1) is 6.92 Å². The van der Waals surface area contributed by atoms with Crippen LogP contribution in [0.2, 0.25) is 5.02 Å². The van der Waals surface area contributed by atoms with Crippen LogP contribution in [0.5, 0.6) is 0 Å². The number of carbonyl (C=O) groups is 1. The van der Waals surface area contributed by atoms with Crippen LogP contribution >= 0.6 is 11.6 Å². The van der Waals surface area contributed by atoms with Crippen LogP contribution in [0.1, 0.15) is 31.2 Å². The Morgan fingerprint density at radius 1 is 1.14 bits per heavy atom. The Hall–Kier alpha value is -3.43. The highest BCUT2D eigenvalue weighted by molar-refractivity contribution is 6.30. The molecule has 0 radical (unpaired) electrons. The van der Waals surface area contributed by atoms with E-state index in [0.29, 0.717) is 49.5 Å². The van der Waals surface area contributed by atoms with E-state index in [0.717, 1.165) is 27.8 Å². The van der Waals surface area contributed by atoms with E-state index in [9.17, 15) is 4.79 Å². The van der Waals surface area contributed by atoms with Gasteiger partial charge in [0.25, 0.3) is 5.89 Å². The summed E-state index contributed by atoms with van der Waals surface area (Å²) in [5, 5.41) is 13.3. The normalized spacial score (nSPS) is 15.1. The minimum atomic E-state index is -0.273. The molecule has 0 saturated carbocycles. The molecule has 2 N–H and O–H groups in total. The molecule has 0 unspecified atom stereocenters. The van der Waals surface area contributed by atoms with Crippen molar-refractivity contribution in [1.82, 2.24) is 30.4 Å². The number of H-pyrrole nitrogens is 1. The zero-order valence-corrected chi connectivity index (χ0v) is 21.4. The van der Waals surface area contributed by atoms with E-state index in [-0.39, 0.29) is 17.9 Å². The monoisotopic (exact) mass is 507 g/mol. The number of aromatic amines is 1. The third-order valence-electron chi connectivity index (χ3n) is 6.52. The first-order chi connectivity index (χ1) is 17.4. The summed E-state index contributed by atoms with van der Waals surface area (Å²) in [6.45, 7) is 9.11. The molecule has 1 saturated heterocycles. The van der Waals surface area contributed by atoms with Crippen LogP contribution in [0.15, 0.2) is 47.1 Å². The molecule has 9 nitrogen and oxygen atoms in total. The van der Waals surface area contributed by atoms with Crippen LogP contribution in [-0.4, -0.2) is 69.7 Å². The van der Waals surface area contributed by atoms with E-state index in [4.69, 9.17) is 16.0 Å². The van der Waals surface area contributed by atoms with Crippen LogP contribution in [-0.2, 0) is 4.79 Å². The maximum atomic E-state index is 13.7. The van der Waals surface area contributed by atoms with Gasteiger partial charge in [0.15, 0.2) is 0 Å². The van der Waals surface area contributed by atoms with Crippen molar-refractivity contribution in [1.29, 1.82) is 0 Å². The fraction of sp³-hybridized carbons (Fsp3) is 0.385. The van der Waals surface area contributed by atoms with E-state index in [1.807, 2.05) is 41.4 Å². The standard InChI is InChI=1S/C26H30ClN7O2/c1-16(2)29-14-21(18-4-6-19(27)7-5-18)26(35)34-12-10-33(11-13-34)23-20-8-9-28-24(20)30-15-22(23)25-32-31-17(3)36-25/h4-9,15-16,21,29H,10-14H2,1-3H3,(H,28,30)/t21-/m1/s1. The van der Waals surface area contributed by atoms with Gasteiger partial charge < -0.3 is 24.5 Å². The number of amides is 1. The number of hydrogen-bond acceptors (Lipinski definition) is 7. The van der Waals surface area contributed by atoms with Crippen molar-refractivity contribution in [2.75, 3.05) is 37.6 Å². The lowest BCUT2D eigenvalue weighted by Crippen LogP contribution is -2.51. The summed E-state index contributed by atoms with van der Waals surface area (Å²) in [6.07, 6.45) is 3.65. The summed E-state index contributed by atoms with van der Waals surface area (Å²) < 4.78 is 5.74. The minimum absolute atomic E-state index is 0.124. The minimum Gasteiger partial charge on any atom is -0.421 e. The number of benzene rings is 1. The highest BCUT2D eigenvalue weighted by atomic mass is 35.5. The highest BCUT2D eigenvalue weighted by Gasteiger charge is 2.30. The lowest BCUT2D eigenvalue weighted by Gasteiger charge is -2.38. The summed E-state index contributed by atoms with van der Waals surface area (Å²) in [7, 11) is 0. The van der Waals surface area contributed by atoms with Crippen molar-refractivity contribution in [3.8, 4) is 11.5 Å². The Kier molecular flexibility index (Phi) is 6.93. The number of halogens is 1. The van der Waals surface area contributed by atoms with Crippen LogP contribution in [0.4, 0.5) is 5.69 Å². The number of anilines is 1. The van der Waals surface area contributed by atoms with Gasteiger partial charge in [-0.3, -0.25) is 4.79 Å². The number of nitrogens with zero attached hydrogens (tertiary/aromatic N) is 5. The largest absolute Gasteiger partial charge is 0.421 e. The number of pyridine rings is 1. The summed E-state index contributed by atoms with van der Waals surface area (Å²) >= 11 is 6.10. The quantitative estimate of drug-likeness (QED) is 0.389. The van der Waals surface area contributed by atoms with Crippen molar-refractivity contribution >= 4 is 34.2 Å². The molecule has 10 heteroatoms. The van der Waals surface area contributed by atoms with E-state index in [2.05, 4.69) is 44.2 Å². The summed E-state index contributed by atoms with van der Waals surface area (Å²) in [4.78, 5) is 25.6. The van der Waals surface area contributed by atoms with Gasteiger partial charge in [0.2, 0.25) is 11.8 Å². The SMILES string of the molecule is Cc1nnc(-c2cnc3[nH]ccc3c2N2CCN(C(=O)[C@H](CNC(C)C)c3ccc(Cl)cc3)CC2)o1. The molecule has 188 valence electrons. The van der Waals surface area contributed by atoms with E-state index >= 15 is 0 Å². The maximum absolute atomic E-state index is 13.7. The van der Waals surface area contributed by atoms with Gasteiger partial charge in [0, 0.05) is 68.5 Å². The second kappa shape index (κ2) is 10.3. The van der Waals surface area contributed by atoms with Crippen molar-refractivity contribution in [3.05, 3.63) is 59.2 Å². The molecular formula is C26H30ClN7O2. The van der Waals surface area contributed by atoms with Gasteiger partial charge in [-0.2, -0.15) is 0 Å². The molecular weight excluding hydrogens is 478 g/mol. The van der Waals surface area contributed by atoms with Gasteiger partial charge in [-0.15, -0.1) is 10.2 Å². The fourth-order valence-corrected chi connectivity index (χ4v) is 4.79.